The fourth-order valence-corrected chi connectivity index (χ4v) is 17.7. The number of rotatable bonds is 15. The maximum atomic E-state index is 14.6. The minimum atomic E-state index is -2.51. The first kappa shape index (κ1) is 61.8. The van der Waals surface area contributed by atoms with Crippen LogP contribution in [0.3, 0.4) is 0 Å². The topological polar surface area (TPSA) is 197 Å². The van der Waals surface area contributed by atoms with E-state index >= 15 is 0 Å². The van der Waals surface area contributed by atoms with E-state index in [1.54, 1.807) is 60.4 Å². The summed E-state index contributed by atoms with van der Waals surface area (Å²) in [6.45, 7) is 17.8. The van der Waals surface area contributed by atoms with E-state index in [9.17, 15) is 35.1 Å². The number of hydrogen-bond donors (Lipinski definition) is 5. The van der Waals surface area contributed by atoms with E-state index in [2.05, 4.69) is 72.8 Å². The summed E-state index contributed by atoms with van der Waals surface area (Å²) >= 11 is 0. The number of nitrogens with zero attached hydrogens (tertiary/aromatic N) is 2. The van der Waals surface area contributed by atoms with Crippen LogP contribution >= 0.6 is 7.26 Å². The molecule has 5 N–H and O–H groups in total. The van der Waals surface area contributed by atoms with Crippen LogP contribution in [0.2, 0.25) is 0 Å². The molecule has 3 aromatic rings. The first-order valence-corrected chi connectivity index (χ1v) is 30.0. The number of hydrogen-bond acceptors (Lipinski definition) is 14. The van der Waals surface area contributed by atoms with E-state index in [4.69, 9.17) is 28.4 Å². The van der Waals surface area contributed by atoms with E-state index in [-0.39, 0.29) is 37.5 Å². The molecule has 3 aromatic carbocycles. The Morgan fingerprint density at radius 2 is 1.36 bits per heavy atom. The second-order valence-electron chi connectivity index (χ2n) is 23.4. The summed E-state index contributed by atoms with van der Waals surface area (Å²) in [7, 11) is 2.54. The summed E-state index contributed by atoms with van der Waals surface area (Å²) in [4.78, 5) is 32.4. The van der Waals surface area contributed by atoms with Crippen molar-refractivity contribution in [2.24, 2.45) is 17.8 Å². The zero-order valence-electron chi connectivity index (χ0n) is 47.6. The van der Waals surface area contributed by atoms with Crippen molar-refractivity contribution in [3.05, 3.63) is 91.0 Å². The van der Waals surface area contributed by atoms with Crippen molar-refractivity contribution in [1.29, 1.82) is 0 Å². The first-order chi connectivity index (χ1) is 35.8. The molecule has 3 fully saturated rings. The Morgan fingerprint density at radius 3 is 1.88 bits per heavy atom. The summed E-state index contributed by atoms with van der Waals surface area (Å²) in [5, 5.41) is 64.0. The Bertz CT molecular complexity index is 2180. The number of carbonyl (C=O) groups is 2. The molecule has 18 atom stereocenters. The Morgan fingerprint density at radius 1 is 0.803 bits per heavy atom. The Balaban J connectivity index is 1.28. The average molecular weight is 1080 g/mol. The third kappa shape index (κ3) is 13.8. The van der Waals surface area contributed by atoms with Gasteiger partial charge in [0.05, 0.1) is 23.7 Å². The number of amides is 1. The van der Waals surface area contributed by atoms with Crippen LogP contribution in [-0.4, -0.2) is 171 Å². The predicted molar refractivity (Wildman–Crippen MR) is 299 cm³/mol. The van der Waals surface area contributed by atoms with Crippen molar-refractivity contribution >= 4 is 35.1 Å². The van der Waals surface area contributed by atoms with Gasteiger partial charge in [-0.3, -0.25) is 4.79 Å². The minimum absolute atomic E-state index is 0.0849. The number of methoxy groups -OCH3 is 1. The number of likely N-dealkylation sites (N-methyl/N-ethyl adjacent to an activating group) is 2. The summed E-state index contributed by atoms with van der Waals surface area (Å²) in [6.07, 6.45) is -7.25. The minimum Gasteiger partial charge on any atom is -0.388 e. The molecule has 426 valence electrons. The van der Waals surface area contributed by atoms with Crippen molar-refractivity contribution in [2.45, 2.75) is 204 Å². The molecular formula is C60H93N2O13P. The fraction of sp³-hybridized carbons (Fsp3) is 0.667. The summed E-state index contributed by atoms with van der Waals surface area (Å²) in [5.41, 5.74) is -4.61. The first-order valence-electron chi connectivity index (χ1n) is 27.8. The number of aliphatic hydroxyl groups is 5. The number of ether oxygens (including phenoxy) is 6. The molecular weight excluding hydrogens is 988 g/mol. The van der Waals surface area contributed by atoms with Gasteiger partial charge in [0, 0.05) is 26.1 Å². The van der Waals surface area contributed by atoms with Crippen LogP contribution in [0.25, 0.3) is 0 Å². The van der Waals surface area contributed by atoms with Crippen LogP contribution in [0.1, 0.15) is 114 Å². The zero-order chi connectivity index (χ0) is 55.9. The van der Waals surface area contributed by atoms with Crippen molar-refractivity contribution < 1.29 is 63.5 Å². The van der Waals surface area contributed by atoms with Crippen molar-refractivity contribution in [2.75, 3.05) is 33.9 Å². The van der Waals surface area contributed by atoms with Crippen molar-refractivity contribution in [3.8, 4) is 0 Å². The van der Waals surface area contributed by atoms with Crippen LogP contribution in [0.5, 0.6) is 0 Å². The summed E-state index contributed by atoms with van der Waals surface area (Å²) < 4.78 is 38.4. The third-order valence-corrected chi connectivity index (χ3v) is 22.5. The van der Waals surface area contributed by atoms with Gasteiger partial charge in [0.2, 0.25) is 0 Å². The van der Waals surface area contributed by atoms with Crippen LogP contribution in [0.15, 0.2) is 91.0 Å². The Kier molecular flexibility index (Phi) is 21.3. The van der Waals surface area contributed by atoms with Gasteiger partial charge in [-0.2, -0.15) is 0 Å². The van der Waals surface area contributed by atoms with Crippen LogP contribution < -0.4 is 15.9 Å². The number of cyclic esters (lactones) is 1. The maximum absolute atomic E-state index is 14.6. The van der Waals surface area contributed by atoms with Crippen LogP contribution in [0, 0.1) is 17.8 Å². The third-order valence-electron chi connectivity index (χ3n) is 17.4. The standard InChI is InChI=1S/C60H93N2O13P/c1-14-48-60(10,69)53(65)42(6)61(11)37-38(2)35-58(8,68)55(40(4)52(41(5)56(67)73-48)74-50-36-59(9,70-13)54(66)43(7)72-50)75-57-51(64)47(34-39(3)71-57)62(12)49(63)32-24-25-33-76(44-26-18-15-19-27-44,45-28-20-16-21-29-45)46-30-22-17-23-31-46/h15-23,26-31,38-43,47-48,50-55,57,64-66,68-69,76H,14,24-25,32-37H2,1-13H3/t38-,39-,40+,41-,42-,43+,47+,48-,50+,51-,52+,53-,54+,55-,57+,58-,59-,60-/m1/s1. The van der Waals surface area contributed by atoms with Gasteiger partial charge in [0.1, 0.15) is 23.9 Å². The fourth-order valence-electron chi connectivity index (χ4n) is 12.7. The smallest absolute Gasteiger partial charge is 0.388 e. The number of esters is 1. The molecule has 0 bridgehead atoms. The van der Waals surface area contributed by atoms with E-state index in [0.29, 0.717) is 19.4 Å². The van der Waals surface area contributed by atoms with E-state index in [1.807, 2.05) is 44.0 Å². The molecule has 1 amide bonds. The SMILES string of the molecule is CC[C@H]1OC(=O)[C@H](C)[C@@H](O[C@H]2C[C@@](C)(OC)[C@@H](O)[C@H](C)O2)[C@H](C)[C@@H](O[C@@H]2O[C@H](C)C[C@H](N(C)C(=O)CCCC[PH](c3ccccc3)(c3ccccc3)c3ccccc3)[C@H]2O)[C@](C)(O)C[C@@H](C)CN(C)[C@H](C)[C@@H](O)[C@]1(C)O. The van der Waals surface area contributed by atoms with E-state index in [1.165, 1.54) is 29.9 Å². The molecule has 3 aliphatic heterocycles. The number of benzene rings is 3. The molecule has 0 aromatic heterocycles. The molecule has 6 rings (SSSR count). The van der Waals surface area contributed by atoms with Gasteiger partial charge in [-0.15, -0.1) is 0 Å². The molecule has 0 aliphatic carbocycles. The van der Waals surface area contributed by atoms with Crippen molar-refractivity contribution in [3.63, 3.8) is 0 Å². The van der Waals surface area contributed by atoms with Gasteiger partial charge >= 0.3 is 238 Å². The molecule has 15 nitrogen and oxygen atoms in total. The molecule has 0 unspecified atom stereocenters. The van der Waals surface area contributed by atoms with Crippen LogP contribution in [0.4, 0.5) is 0 Å². The Labute approximate surface area is 453 Å². The molecule has 0 spiro atoms. The van der Waals surface area contributed by atoms with Gasteiger partial charge in [-0.05, 0) is 67.3 Å². The number of unbranched alkanes of at least 4 members (excludes halogenated alkanes) is 1. The normalized spacial score (nSPS) is 37.8. The average Bonchev–Trinajstić information content (AvgIpc) is 3.40. The zero-order valence-corrected chi connectivity index (χ0v) is 48.6. The van der Waals surface area contributed by atoms with Gasteiger partial charge in [0.25, 0.3) is 0 Å². The summed E-state index contributed by atoms with van der Waals surface area (Å²) in [6, 6.07) is 30.9. The molecule has 0 saturated carbocycles. The molecule has 3 heterocycles. The molecule has 76 heavy (non-hydrogen) atoms. The van der Waals surface area contributed by atoms with Gasteiger partial charge in [0.15, 0.2) is 6.29 Å². The molecule has 16 heteroatoms. The summed E-state index contributed by atoms with van der Waals surface area (Å²) in [5.74, 6) is -3.01. The molecule has 3 aliphatic rings. The van der Waals surface area contributed by atoms with Crippen LogP contribution in [-0.2, 0) is 38.0 Å². The van der Waals surface area contributed by atoms with Crippen molar-refractivity contribution in [1.82, 2.24) is 9.80 Å². The molecule has 3 saturated heterocycles. The Hall–Kier alpha value is -3.41. The quantitative estimate of drug-likeness (QED) is 0.0707. The monoisotopic (exact) mass is 1080 g/mol. The second kappa shape index (κ2) is 26.2. The molecule has 0 radical (unpaired) electrons. The van der Waals surface area contributed by atoms with Gasteiger partial charge in [-0.1, -0.05) is 20.8 Å². The van der Waals surface area contributed by atoms with E-state index in [0.717, 1.165) is 12.6 Å². The second-order valence-corrected chi connectivity index (χ2v) is 27.5. The number of carbonyl (C=O) groups excluding carboxylic acids is 2. The van der Waals surface area contributed by atoms with Gasteiger partial charge in [-0.25, -0.2) is 0 Å². The van der Waals surface area contributed by atoms with Gasteiger partial charge < -0.3 is 44.3 Å². The van der Waals surface area contributed by atoms with E-state index < -0.39 is 115 Å². The predicted octanol–water partition coefficient (Wildman–Crippen LogP) is 5.69. The number of aliphatic hydroxyl groups excluding tert-OH is 3.